The minimum atomic E-state index is 0.0906. The van der Waals surface area contributed by atoms with Crippen molar-refractivity contribution in [3.8, 4) is 0 Å². The van der Waals surface area contributed by atoms with Crippen molar-refractivity contribution in [2.45, 2.75) is 26.8 Å². The van der Waals surface area contributed by atoms with E-state index in [0.717, 1.165) is 23.8 Å². The van der Waals surface area contributed by atoms with Gasteiger partial charge >= 0.3 is 0 Å². The second kappa shape index (κ2) is 5.85. The summed E-state index contributed by atoms with van der Waals surface area (Å²) in [6, 6.07) is 1.90. The zero-order chi connectivity index (χ0) is 15.9. The van der Waals surface area contributed by atoms with Crippen LogP contribution in [0.25, 0.3) is 0 Å². The predicted molar refractivity (Wildman–Crippen MR) is 85.4 cm³/mol. The number of halogens is 1. The lowest BCUT2D eigenvalue weighted by Gasteiger charge is -2.37. The molecule has 2 aromatic heterocycles. The van der Waals surface area contributed by atoms with E-state index in [0.29, 0.717) is 24.2 Å². The van der Waals surface area contributed by atoms with Gasteiger partial charge in [-0.25, -0.2) is 9.97 Å². The third kappa shape index (κ3) is 2.68. The van der Waals surface area contributed by atoms with Gasteiger partial charge in [-0.1, -0.05) is 11.6 Å². The molecular weight excluding hydrogens is 302 g/mol. The molecule has 0 saturated carbocycles. The fourth-order valence-electron chi connectivity index (χ4n) is 3.05. The van der Waals surface area contributed by atoms with Crippen LogP contribution < -0.4 is 4.90 Å². The third-order valence-electron chi connectivity index (χ3n) is 4.11. The highest BCUT2D eigenvalue weighted by molar-refractivity contribution is 6.29. The molecule has 1 saturated heterocycles. The Balaban J connectivity index is 2.04. The number of nitrogens with zero attached hydrogens (tertiary/aromatic N) is 5. The molecule has 6 nitrogen and oxygen atoms in total. The fourth-order valence-corrected chi connectivity index (χ4v) is 3.27. The average molecular weight is 322 g/mol. The van der Waals surface area contributed by atoms with E-state index in [1.54, 1.807) is 0 Å². The Labute approximate surface area is 135 Å². The van der Waals surface area contributed by atoms with Crippen LogP contribution in [0.5, 0.6) is 0 Å². The molecule has 0 amide bonds. The smallest absolute Gasteiger partial charge is 0.134 e. The number of anilines is 1. The minimum Gasteiger partial charge on any atom is -0.377 e. The number of rotatable bonds is 2. The molecule has 2 aromatic rings. The van der Waals surface area contributed by atoms with Crippen molar-refractivity contribution in [1.29, 1.82) is 0 Å². The molecule has 1 atom stereocenters. The topological polar surface area (TPSA) is 56.1 Å². The van der Waals surface area contributed by atoms with Gasteiger partial charge in [0.05, 0.1) is 24.9 Å². The Morgan fingerprint density at radius 2 is 2.05 bits per heavy atom. The van der Waals surface area contributed by atoms with Gasteiger partial charge in [0.1, 0.15) is 16.8 Å². The van der Waals surface area contributed by atoms with Crippen molar-refractivity contribution >= 4 is 17.4 Å². The van der Waals surface area contributed by atoms with E-state index in [4.69, 9.17) is 16.3 Å². The highest BCUT2D eigenvalue weighted by Gasteiger charge is 2.30. The van der Waals surface area contributed by atoms with Gasteiger partial charge in [0.25, 0.3) is 0 Å². The molecule has 1 aliphatic rings. The van der Waals surface area contributed by atoms with Crippen LogP contribution in [-0.2, 0) is 11.8 Å². The average Bonchev–Trinajstić information content (AvgIpc) is 2.71. The lowest BCUT2D eigenvalue weighted by molar-refractivity contribution is 0.0933. The first-order valence-electron chi connectivity index (χ1n) is 7.33. The summed E-state index contributed by atoms with van der Waals surface area (Å²) in [6.45, 7) is 8.04. The number of ether oxygens (including phenoxy) is 1. The number of hydrogen-bond acceptors (Lipinski definition) is 5. The van der Waals surface area contributed by atoms with Gasteiger partial charge < -0.3 is 9.64 Å². The summed E-state index contributed by atoms with van der Waals surface area (Å²) < 4.78 is 7.63. The highest BCUT2D eigenvalue weighted by atomic mass is 35.5. The molecule has 0 radical (unpaired) electrons. The minimum absolute atomic E-state index is 0.0906. The van der Waals surface area contributed by atoms with E-state index in [1.165, 1.54) is 5.56 Å². The summed E-state index contributed by atoms with van der Waals surface area (Å²) in [5.74, 6) is 1.51. The van der Waals surface area contributed by atoms with Crippen molar-refractivity contribution in [1.82, 2.24) is 19.7 Å². The third-order valence-corrected chi connectivity index (χ3v) is 4.31. The molecular formula is C15H20ClN5O. The molecule has 1 aliphatic heterocycles. The van der Waals surface area contributed by atoms with Gasteiger partial charge in [-0.2, -0.15) is 5.10 Å². The summed E-state index contributed by atoms with van der Waals surface area (Å²) in [6.07, 6.45) is 0. The van der Waals surface area contributed by atoms with E-state index in [9.17, 15) is 0 Å². The summed E-state index contributed by atoms with van der Waals surface area (Å²) in [5, 5.41) is 4.99. The van der Waals surface area contributed by atoms with Gasteiger partial charge in [0, 0.05) is 30.9 Å². The first kappa shape index (κ1) is 15.2. The molecule has 0 N–H and O–H groups in total. The maximum absolute atomic E-state index is 6.10. The SMILES string of the molecule is Cc1nc(Cl)cc(N2CCOCC2c2c(C)nn(C)c2C)n1. The second-order valence-electron chi connectivity index (χ2n) is 5.59. The van der Waals surface area contributed by atoms with E-state index in [1.807, 2.05) is 31.6 Å². The zero-order valence-electron chi connectivity index (χ0n) is 13.3. The van der Waals surface area contributed by atoms with Crippen molar-refractivity contribution in [3.05, 3.63) is 34.0 Å². The van der Waals surface area contributed by atoms with Crippen molar-refractivity contribution in [3.63, 3.8) is 0 Å². The van der Waals surface area contributed by atoms with Crippen LogP contribution in [0.15, 0.2) is 6.07 Å². The molecule has 118 valence electrons. The number of hydrogen-bond donors (Lipinski definition) is 0. The van der Waals surface area contributed by atoms with Crippen LogP contribution in [0.1, 0.15) is 28.8 Å². The second-order valence-corrected chi connectivity index (χ2v) is 5.98. The van der Waals surface area contributed by atoms with Crippen LogP contribution >= 0.6 is 11.6 Å². The van der Waals surface area contributed by atoms with Gasteiger partial charge in [-0.3, -0.25) is 4.68 Å². The lowest BCUT2D eigenvalue weighted by Crippen LogP contribution is -2.40. The summed E-state index contributed by atoms with van der Waals surface area (Å²) >= 11 is 6.10. The summed E-state index contributed by atoms with van der Waals surface area (Å²) in [7, 11) is 1.96. The van der Waals surface area contributed by atoms with Crippen molar-refractivity contribution < 1.29 is 4.74 Å². The molecule has 22 heavy (non-hydrogen) atoms. The molecule has 3 rings (SSSR count). The molecule has 3 heterocycles. The maximum atomic E-state index is 6.10. The lowest BCUT2D eigenvalue weighted by atomic mass is 10.0. The molecule has 1 unspecified atom stereocenters. The monoisotopic (exact) mass is 321 g/mol. The van der Waals surface area contributed by atoms with Gasteiger partial charge in [-0.15, -0.1) is 0 Å². The first-order chi connectivity index (χ1) is 10.5. The molecule has 1 fully saturated rings. The molecule has 0 aliphatic carbocycles. The normalized spacial score (nSPS) is 18.8. The van der Waals surface area contributed by atoms with Crippen LogP contribution in [0.3, 0.4) is 0 Å². The van der Waals surface area contributed by atoms with Crippen LogP contribution in [0.2, 0.25) is 5.15 Å². The summed E-state index contributed by atoms with van der Waals surface area (Å²) in [4.78, 5) is 10.9. The highest BCUT2D eigenvalue weighted by Crippen LogP contribution is 2.32. The predicted octanol–water partition coefficient (Wildman–Crippen LogP) is 2.37. The molecule has 0 spiro atoms. The first-order valence-corrected chi connectivity index (χ1v) is 7.71. The Kier molecular flexibility index (Phi) is 4.06. The largest absolute Gasteiger partial charge is 0.377 e. The quantitative estimate of drug-likeness (QED) is 0.795. The zero-order valence-corrected chi connectivity index (χ0v) is 14.1. The van der Waals surface area contributed by atoms with Crippen LogP contribution in [0, 0.1) is 20.8 Å². The van der Waals surface area contributed by atoms with Crippen molar-refractivity contribution in [2.24, 2.45) is 7.05 Å². The number of aromatic nitrogens is 4. The maximum Gasteiger partial charge on any atom is 0.134 e. The molecule has 0 bridgehead atoms. The standard InChI is InChI=1S/C15H20ClN5O/c1-9-15(10(2)20(4)19-9)12-8-22-6-5-21(12)14-7-13(16)17-11(3)18-14/h7,12H,5-6,8H2,1-4H3. The van der Waals surface area contributed by atoms with Crippen LogP contribution in [0.4, 0.5) is 5.82 Å². The molecule has 7 heteroatoms. The van der Waals surface area contributed by atoms with E-state index in [-0.39, 0.29) is 6.04 Å². The molecule has 0 aromatic carbocycles. The van der Waals surface area contributed by atoms with E-state index < -0.39 is 0 Å². The van der Waals surface area contributed by atoms with E-state index in [2.05, 4.69) is 26.9 Å². The Hall–Kier alpha value is -1.66. The Morgan fingerprint density at radius 3 is 2.68 bits per heavy atom. The van der Waals surface area contributed by atoms with Gasteiger partial charge in [0.2, 0.25) is 0 Å². The number of morpholine rings is 1. The van der Waals surface area contributed by atoms with Crippen LogP contribution in [-0.4, -0.2) is 39.5 Å². The fraction of sp³-hybridized carbons (Fsp3) is 0.533. The van der Waals surface area contributed by atoms with E-state index >= 15 is 0 Å². The summed E-state index contributed by atoms with van der Waals surface area (Å²) in [5.41, 5.74) is 3.38. The van der Waals surface area contributed by atoms with Crippen molar-refractivity contribution in [2.75, 3.05) is 24.7 Å². The Bertz CT molecular complexity index is 679. The van der Waals surface area contributed by atoms with Gasteiger partial charge in [0.15, 0.2) is 0 Å². The number of aryl methyl sites for hydroxylation is 3. The van der Waals surface area contributed by atoms with Gasteiger partial charge in [-0.05, 0) is 20.8 Å². The Morgan fingerprint density at radius 1 is 1.27 bits per heavy atom.